The fourth-order valence-corrected chi connectivity index (χ4v) is 2.67. The highest BCUT2D eigenvalue weighted by Gasteiger charge is 2.16. The Kier molecular flexibility index (Phi) is 5.92. The molecule has 0 fully saturated rings. The SMILES string of the molecule is CC(C)(C)NC(=O)c1cccc(NC(=O)NCc2cccnc2-n2cccn2)c1. The molecule has 0 aliphatic carbocycles. The van der Waals surface area contributed by atoms with Crippen molar-refractivity contribution in [1.82, 2.24) is 25.4 Å². The van der Waals surface area contributed by atoms with Gasteiger partial charge in [-0.3, -0.25) is 4.79 Å². The van der Waals surface area contributed by atoms with Gasteiger partial charge in [-0.25, -0.2) is 14.5 Å². The van der Waals surface area contributed by atoms with Gasteiger partial charge in [0, 0.05) is 47.5 Å². The van der Waals surface area contributed by atoms with Gasteiger partial charge in [0.2, 0.25) is 0 Å². The highest BCUT2D eigenvalue weighted by Crippen LogP contribution is 2.13. The number of hydrogen-bond acceptors (Lipinski definition) is 4. The van der Waals surface area contributed by atoms with Gasteiger partial charge in [0.1, 0.15) is 0 Å². The van der Waals surface area contributed by atoms with Crippen molar-refractivity contribution < 1.29 is 9.59 Å². The van der Waals surface area contributed by atoms with E-state index in [2.05, 4.69) is 26.0 Å². The molecule has 8 nitrogen and oxygen atoms in total. The minimum absolute atomic E-state index is 0.194. The van der Waals surface area contributed by atoms with Crippen LogP contribution in [-0.2, 0) is 6.54 Å². The molecule has 0 aliphatic heterocycles. The fourth-order valence-electron chi connectivity index (χ4n) is 2.67. The second kappa shape index (κ2) is 8.55. The Morgan fingerprint density at radius 1 is 1.07 bits per heavy atom. The van der Waals surface area contributed by atoms with Crippen LogP contribution in [0.4, 0.5) is 10.5 Å². The molecule has 0 bridgehead atoms. The van der Waals surface area contributed by atoms with Gasteiger partial charge in [-0.2, -0.15) is 5.10 Å². The number of pyridine rings is 1. The second-order valence-corrected chi connectivity index (χ2v) is 7.53. The summed E-state index contributed by atoms with van der Waals surface area (Å²) in [5.74, 6) is 0.458. The average molecular weight is 392 g/mol. The summed E-state index contributed by atoms with van der Waals surface area (Å²) >= 11 is 0. The zero-order valence-corrected chi connectivity index (χ0v) is 16.6. The number of carbonyl (C=O) groups excluding carboxylic acids is 2. The Morgan fingerprint density at radius 2 is 1.90 bits per heavy atom. The van der Waals surface area contributed by atoms with Gasteiger partial charge in [-0.15, -0.1) is 0 Å². The molecule has 0 atom stereocenters. The van der Waals surface area contributed by atoms with Crippen LogP contribution in [-0.4, -0.2) is 32.2 Å². The molecule has 3 rings (SSSR count). The van der Waals surface area contributed by atoms with Crippen LogP contribution in [0.15, 0.2) is 61.1 Å². The molecular formula is C21H24N6O2. The first-order valence-corrected chi connectivity index (χ1v) is 9.23. The molecule has 3 N–H and O–H groups in total. The summed E-state index contributed by atoms with van der Waals surface area (Å²) in [5.41, 5.74) is 1.49. The molecular weight excluding hydrogens is 368 g/mol. The number of urea groups is 1. The second-order valence-electron chi connectivity index (χ2n) is 7.53. The van der Waals surface area contributed by atoms with Crippen LogP contribution >= 0.6 is 0 Å². The van der Waals surface area contributed by atoms with Gasteiger partial charge in [0.05, 0.1) is 0 Å². The predicted molar refractivity (Wildman–Crippen MR) is 111 cm³/mol. The summed E-state index contributed by atoms with van der Waals surface area (Å²) in [6, 6.07) is 11.9. The summed E-state index contributed by atoms with van der Waals surface area (Å²) < 4.78 is 1.65. The molecule has 29 heavy (non-hydrogen) atoms. The van der Waals surface area contributed by atoms with Crippen LogP contribution in [0, 0.1) is 0 Å². The summed E-state index contributed by atoms with van der Waals surface area (Å²) in [7, 11) is 0. The maximum atomic E-state index is 12.3. The molecule has 3 amide bonds. The minimum Gasteiger partial charge on any atom is -0.347 e. The Balaban J connectivity index is 1.62. The summed E-state index contributed by atoms with van der Waals surface area (Å²) in [6.45, 7) is 6.02. The van der Waals surface area contributed by atoms with Crippen molar-refractivity contribution in [2.24, 2.45) is 0 Å². The molecule has 0 unspecified atom stereocenters. The predicted octanol–water partition coefficient (Wildman–Crippen LogP) is 3.12. The third kappa shape index (κ3) is 5.65. The first-order chi connectivity index (χ1) is 13.8. The fraction of sp³-hybridized carbons (Fsp3) is 0.238. The van der Waals surface area contributed by atoms with Gasteiger partial charge < -0.3 is 16.0 Å². The lowest BCUT2D eigenvalue weighted by atomic mass is 10.1. The average Bonchev–Trinajstić information content (AvgIpc) is 3.20. The lowest BCUT2D eigenvalue weighted by molar-refractivity contribution is 0.0919. The molecule has 0 radical (unpaired) electrons. The third-order valence-corrected chi connectivity index (χ3v) is 3.90. The molecule has 150 valence electrons. The van der Waals surface area contributed by atoms with Crippen LogP contribution in [0.25, 0.3) is 5.82 Å². The van der Waals surface area contributed by atoms with Crippen LogP contribution < -0.4 is 16.0 Å². The van der Waals surface area contributed by atoms with Crippen molar-refractivity contribution in [3.05, 3.63) is 72.2 Å². The molecule has 3 aromatic rings. The zero-order chi connectivity index (χ0) is 20.9. The molecule has 0 saturated carbocycles. The highest BCUT2D eigenvalue weighted by atomic mass is 16.2. The molecule has 0 saturated heterocycles. The van der Waals surface area contributed by atoms with Crippen molar-refractivity contribution in [2.45, 2.75) is 32.9 Å². The number of aromatic nitrogens is 3. The van der Waals surface area contributed by atoms with Crippen molar-refractivity contribution in [3.8, 4) is 5.82 Å². The van der Waals surface area contributed by atoms with E-state index in [1.807, 2.05) is 26.8 Å². The van der Waals surface area contributed by atoms with Gasteiger partial charge in [0.25, 0.3) is 5.91 Å². The number of nitrogens with zero attached hydrogens (tertiary/aromatic N) is 3. The van der Waals surface area contributed by atoms with E-state index in [1.165, 1.54) is 0 Å². The first kappa shape index (κ1) is 20.1. The molecule has 0 spiro atoms. The number of carbonyl (C=O) groups is 2. The van der Waals surface area contributed by atoms with Crippen LogP contribution in [0.2, 0.25) is 0 Å². The van der Waals surface area contributed by atoms with Gasteiger partial charge in [0.15, 0.2) is 5.82 Å². The monoisotopic (exact) mass is 392 g/mol. The summed E-state index contributed by atoms with van der Waals surface area (Å²) in [4.78, 5) is 29.0. The Labute approximate surface area is 169 Å². The van der Waals surface area contributed by atoms with Crippen molar-refractivity contribution >= 4 is 17.6 Å². The van der Waals surface area contributed by atoms with E-state index in [4.69, 9.17) is 0 Å². The smallest absolute Gasteiger partial charge is 0.319 e. The van der Waals surface area contributed by atoms with Crippen LogP contribution in [0.3, 0.4) is 0 Å². The van der Waals surface area contributed by atoms with Gasteiger partial charge in [-0.05, 0) is 51.1 Å². The third-order valence-electron chi connectivity index (χ3n) is 3.90. The van der Waals surface area contributed by atoms with Crippen molar-refractivity contribution in [2.75, 3.05) is 5.32 Å². The Morgan fingerprint density at radius 3 is 2.62 bits per heavy atom. The van der Waals surface area contributed by atoms with E-state index in [-0.39, 0.29) is 24.0 Å². The Hall–Kier alpha value is -3.68. The lowest BCUT2D eigenvalue weighted by Gasteiger charge is -2.20. The minimum atomic E-state index is -0.381. The normalized spacial score (nSPS) is 11.0. The van der Waals surface area contributed by atoms with Crippen LogP contribution in [0.5, 0.6) is 0 Å². The number of anilines is 1. The van der Waals surface area contributed by atoms with E-state index in [9.17, 15) is 9.59 Å². The highest BCUT2D eigenvalue weighted by molar-refractivity contribution is 5.97. The van der Waals surface area contributed by atoms with Gasteiger partial charge >= 0.3 is 6.03 Å². The molecule has 8 heteroatoms. The van der Waals surface area contributed by atoms with Crippen molar-refractivity contribution in [1.29, 1.82) is 0 Å². The lowest BCUT2D eigenvalue weighted by Crippen LogP contribution is -2.40. The van der Waals surface area contributed by atoms with Crippen molar-refractivity contribution in [3.63, 3.8) is 0 Å². The number of benzene rings is 1. The topological polar surface area (TPSA) is 101 Å². The molecule has 2 aromatic heterocycles. The number of nitrogens with one attached hydrogen (secondary N) is 3. The standard InChI is InChI=1S/C21H24N6O2/c1-21(2,3)26-19(28)15-7-4-9-17(13-15)25-20(29)23-14-16-8-5-10-22-18(16)27-12-6-11-24-27/h4-13H,14H2,1-3H3,(H,26,28)(H2,23,25,29). The molecule has 2 heterocycles. The zero-order valence-electron chi connectivity index (χ0n) is 16.6. The summed E-state index contributed by atoms with van der Waals surface area (Å²) in [5, 5.41) is 12.6. The Bertz CT molecular complexity index is 992. The van der Waals surface area contributed by atoms with Gasteiger partial charge in [-0.1, -0.05) is 12.1 Å². The maximum Gasteiger partial charge on any atom is 0.319 e. The van der Waals surface area contributed by atoms with E-state index in [1.54, 1.807) is 59.7 Å². The quantitative estimate of drug-likeness (QED) is 0.621. The largest absolute Gasteiger partial charge is 0.347 e. The maximum absolute atomic E-state index is 12.3. The van der Waals surface area contributed by atoms with E-state index < -0.39 is 0 Å². The van der Waals surface area contributed by atoms with E-state index in [0.29, 0.717) is 17.1 Å². The number of rotatable bonds is 5. The molecule has 0 aliphatic rings. The number of hydrogen-bond donors (Lipinski definition) is 3. The van der Waals surface area contributed by atoms with E-state index >= 15 is 0 Å². The first-order valence-electron chi connectivity index (χ1n) is 9.23. The van der Waals surface area contributed by atoms with Crippen LogP contribution in [0.1, 0.15) is 36.7 Å². The summed E-state index contributed by atoms with van der Waals surface area (Å²) in [6.07, 6.45) is 5.14. The van der Waals surface area contributed by atoms with E-state index in [0.717, 1.165) is 5.56 Å². The number of amides is 3. The molecule has 1 aromatic carbocycles.